The van der Waals surface area contributed by atoms with Crippen LogP contribution in [0.1, 0.15) is 31.8 Å². The van der Waals surface area contributed by atoms with E-state index in [-0.39, 0.29) is 5.82 Å². The number of hydrogen-bond acceptors (Lipinski definition) is 2. The minimum Gasteiger partial charge on any atom is -0.337 e. The molecular weight excluding hydrogens is 195 g/mol. The van der Waals surface area contributed by atoms with Gasteiger partial charge in [0.25, 0.3) is 0 Å². The molecule has 0 aliphatic carbocycles. The fraction of sp³-hybridized carbons (Fsp3) is 0.625. The first kappa shape index (κ1) is 11.0. The van der Waals surface area contributed by atoms with E-state index in [0.717, 1.165) is 6.20 Å². The summed E-state index contributed by atoms with van der Waals surface area (Å²) in [6.45, 7) is 3.42. The van der Waals surface area contributed by atoms with Gasteiger partial charge in [-0.1, -0.05) is 6.92 Å². The molecule has 80 valence electrons. The molecule has 0 spiro atoms. The first-order chi connectivity index (χ1) is 6.27. The molecule has 6 heteroatoms. The van der Waals surface area contributed by atoms with Crippen molar-refractivity contribution < 1.29 is 13.2 Å². The minimum atomic E-state index is -4.39. The molecule has 14 heavy (non-hydrogen) atoms. The number of hydrogen-bond donors (Lipinski definition) is 2. The second-order valence-electron chi connectivity index (χ2n) is 3.41. The summed E-state index contributed by atoms with van der Waals surface area (Å²) in [5.74, 6) is 0.160. The van der Waals surface area contributed by atoms with Crippen molar-refractivity contribution >= 4 is 0 Å². The molecule has 0 aliphatic heterocycles. The third kappa shape index (κ3) is 2.06. The maximum atomic E-state index is 12.2. The van der Waals surface area contributed by atoms with E-state index in [1.807, 2.05) is 0 Å². The van der Waals surface area contributed by atoms with Crippen LogP contribution in [0.25, 0.3) is 0 Å². The Morgan fingerprint density at radius 1 is 1.50 bits per heavy atom. The van der Waals surface area contributed by atoms with Crippen molar-refractivity contribution in [2.45, 2.75) is 32.0 Å². The number of H-pyrrole nitrogens is 1. The summed E-state index contributed by atoms with van der Waals surface area (Å²) in [6, 6.07) is 0. The van der Waals surface area contributed by atoms with Crippen LogP contribution in [0.5, 0.6) is 0 Å². The van der Waals surface area contributed by atoms with Crippen molar-refractivity contribution in [3.8, 4) is 0 Å². The van der Waals surface area contributed by atoms with Gasteiger partial charge in [0.2, 0.25) is 0 Å². The first-order valence-corrected chi connectivity index (χ1v) is 4.19. The Kier molecular flexibility index (Phi) is 2.58. The van der Waals surface area contributed by atoms with Gasteiger partial charge in [0, 0.05) is 0 Å². The van der Waals surface area contributed by atoms with E-state index in [4.69, 9.17) is 5.73 Å². The molecule has 0 fully saturated rings. The quantitative estimate of drug-likeness (QED) is 0.779. The lowest BCUT2D eigenvalue weighted by atomic mass is 10.0. The predicted octanol–water partition coefficient (Wildman–Crippen LogP) is 2.01. The fourth-order valence-electron chi connectivity index (χ4n) is 0.923. The first-order valence-electron chi connectivity index (χ1n) is 4.19. The Labute approximate surface area is 79.5 Å². The highest BCUT2D eigenvalue weighted by Crippen LogP contribution is 2.29. The number of halogens is 3. The van der Waals surface area contributed by atoms with Crippen LogP contribution in [0.4, 0.5) is 13.2 Å². The van der Waals surface area contributed by atoms with Crippen LogP contribution in [0.3, 0.4) is 0 Å². The van der Waals surface area contributed by atoms with E-state index in [1.165, 1.54) is 0 Å². The smallest absolute Gasteiger partial charge is 0.337 e. The third-order valence-corrected chi connectivity index (χ3v) is 2.16. The van der Waals surface area contributed by atoms with Crippen molar-refractivity contribution in [2.24, 2.45) is 5.73 Å². The number of alkyl halides is 3. The fourth-order valence-corrected chi connectivity index (χ4v) is 0.923. The molecule has 1 aromatic rings. The highest BCUT2D eigenvalue weighted by Gasteiger charge is 2.34. The molecule has 0 aromatic carbocycles. The molecule has 0 amide bonds. The van der Waals surface area contributed by atoms with Gasteiger partial charge >= 0.3 is 6.18 Å². The Bertz CT molecular complexity index is 314. The van der Waals surface area contributed by atoms with Crippen molar-refractivity contribution in [1.82, 2.24) is 9.97 Å². The molecule has 0 radical (unpaired) electrons. The third-order valence-electron chi connectivity index (χ3n) is 2.16. The number of rotatable bonds is 2. The summed E-state index contributed by atoms with van der Waals surface area (Å²) in [6.07, 6.45) is -3.12. The zero-order valence-corrected chi connectivity index (χ0v) is 7.94. The molecule has 3 nitrogen and oxygen atoms in total. The molecule has 1 unspecified atom stereocenters. The number of imidazole rings is 1. The summed E-state index contributed by atoms with van der Waals surface area (Å²) >= 11 is 0. The monoisotopic (exact) mass is 207 g/mol. The maximum Gasteiger partial charge on any atom is 0.432 e. The van der Waals surface area contributed by atoms with Crippen LogP contribution in [-0.2, 0) is 11.7 Å². The summed E-state index contributed by atoms with van der Waals surface area (Å²) in [5.41, 5.74) is 4.03. The molecule has 1 atom stereocenters. The van der Waals surface area contributed by atoms with Gasteiger partial charge in [0.05, 0.1) is 11.7 Å². The van der Waals surface area contributed by atoms with E-state index in [9.17, 15) is 13.2 Å². The van der Waals surface area contributed by atoms with E-state index >= 15 is 0 Å². The molecule has 0 saturated heterocycles. The lowest BCUT2D eigenvalue weighted by Gasteiger charge is -2.19. The number of nitrogens with zero attached hydrogens (tertiary/aromatic N) is 1. The molecule has 0 aliphatic rings. The second-order valence-corrected chi connectivity index (χ2v) is 3.41. The van der Waals surface area contributed by atoms with Gasteiger partial charge in [0.15, 0.2) is 0 Å². The van der Waals surface area contributed by atoms with E-state index in [0.29, 0.717) is 6.42 Å². The van der Waals surface area contributed by atoms with Crippen molar-refractivity contribution in [3.05, 3.63) is 17.7 Å². The molecule has 3 N–H and O–H groups in total. The van der Waals surface area contributed by atoms with Crippen LogP contribution in [0.2, 0.25) is 0 Å². The van der Waals surface area contributed by atoms with Crippen molar-refractivity contribution in [3.63, 3.8) is 0 Å². The maximum absolute atomic E-state index is 12.2. The highest BCUT2D eigenvalue weighted by molar-refractivity contribution is 5.11. The summed E-state index contributed by atoms with van der Waals surface area (Å²) in [5, 5.41) is 0. The van der Waals surface area contributed by atoms with E-state index in [1.54, 1.807) is 13.8 Å². The van der Waals surface area contributed by atoms with Crippen LogP contribution in [0.15, 0.2) is 6.20 Å². The zero-order chi connectivity index (χ0) is 11.0. The van der Waals surface area contributed by atoms with Crippen LogP contribution in [0, 0.1) is 0 Å². The van der Waals surface area contributed by atoms with Gasteiger partial charge < -0.3 is 10.7 Å². The van der Waals surface area contributed by atoms with Gasteiger partial charge in [0.1, 0.15) is 11.5 Å². The second kappa shape index (κ2) is 3.27. The Hall–Kier alpha value is -1.04. The number of aromatic nitrogens is 2. The minimum absolute atomic E-state index is 0.160. The number of aromatic amines is 1. The summed E-state index contributed by atoms with van der Waals surface area (Å²) in [4.78, 5) is 5.81. The van der Waals surface area contributed by atoms with E-state index < -0.39 is 17.4 Å². The lowest BCUT2D eigenvalue weighted by Crippen LogP contribution is -2.33. The normalized spacial score (nSPS) is 16.7. The number of nitrogens with one attached hydrogen (secondary N) is 1. The molecular formula is C8H12F3N3. The largest absolute Gasteiger partial charge is 0.432 e. The van der Waals surface area contributed by atoms with Crippen LogP contribution in [-0.4, -0.2) is 9.97 Å². The zero-order valence-electron chi connectivity index (χ0n) is 7.94. The van der Waals surface area contributed by atoms with Crippen molar-refractivity contribution in [1.29, 1.82) is 0 Å². The molecule has 1 heterocycles. The average molecular weight is 207 g/mol. The van der Waals surface area contributed by atoms with Gasteiger partial charge in [-0.2, -0.15) is 13.2 Å². The molecule has 0 bridgehead atoms. The Balaban J connectivity index is 3.00. The summed E-state index contributed by atoms with van der Waals surface area (Å²) < 4.78 is 36.5. The van der Waals surface area contributed by atoms with Crippen LogP contribution >= 0.6 is 0 Å². The van der Waals surface area contributed by atoms with Crippen LogP contribution < -0.4 is 5.73 Å². The van der Waals surface area contributed by atoms with Gasteiger partial charge in [-0.25, -0.2) is 4.98 Å². The Morgan fingerprint density at radius 2 is 2.07 bits per heavy atom. The van der Waals surface area contributed by atoms with Crippen molar-refractivity contribution in [2.75, 3.05) is 0 Å². The molecule has 1 aromatic heterocycles. The molecule has 1 rings (SSSR count). The SMILES string of the molecule is CCC(C)(N)c1ncc(C(F)(F)F)[nH]1. The summed E-state index contributed by atoms with van der Waals surface area (Å²) in [7, 11) is 0. The topological polar surface area (TPSA) is 54.7 Å². The Morgan fingerprint density at radius 3 is 2.43 bits per heavy atom. The highest BCUT2D eigenvalue weighted by atomic mass is 19.4. The van der Waals surface area contributed by atoms with E-state index in [2.05, 4.69) is 9.97 Å². The predicted molar refractivity (Wildman–Crippen MR) is 45.4 cm³/mol. The van der Waals surface area contributed by atoms with Gasteiger partial charge in [-0.15, -0.1) is 0 Å². The average Bonchev–Trinajstić information content (AvgIpc) is 2.51. The molecule has 0 saturated carbocycles. The standard InChI is InChI=1S/C8H12F3N3/c1-3-7(2,12)6-13-4-5(14-6)8(9,10)11/h4H,3,12H2,1-2H3,(H,13,14). The number of nitrogens with two attached hydrogens (primary N) is 1. The lowest BCUT2D eigenvalue weighted by molar-refractivity contribution is -0.141. The van der Waals surface area contributed by atoms with Gasteiger partial charge in [-0.05, 0) is 13.3 Å². The van der Waals surface area contributed by atoms with Gasteiger partial charge in [-0.3, -0.25) is 0 Å².